The molecule has 2 heterocycles. The summed E-state index contributed by atoms with van der Waals surface area (Å²) in [5, 5.41) is 3.84. The third-order valence-corrected chi connectivity index (χ3v) is 8.37. The Morgan fingerprint density at radius 1 is 0.957 bits per heavy atom. The van der Waals surface area contributed by atoms with Gasteiger partial charge in [-0.05, 0) is 67.6 Å². The number of hydrogen-bond donors (Lipinski definition) is 3. The second-order valence-corrected chi connectivity index (χ2v) is 12.9. The standard InChI is InChI=1S/C36H40N4O6/c1-21(2)36(34(37)44,24-14-16-25(45-6)17-15-24)40-29-13-9-10-22(19-30(41)46-35(3,4)5)31(29)32(42)39-28(33(40)43)18-23-20-38-27-12-8-7-11-26(23)27/h7-17,20-21,28,38H,18-19H2,1-6H3,(H2,37,44)(H,39,42)/t28-,36?/m1/s1. The van der Waals surface area contributed by atoms with E-state index in [0.717, 1.165) is 16.5 Å². The molecular weight excluding hydrogens is 584 g/mol. The third kappa shape index (κ3) is 5.82. The molecule has 10 nitrogen and oxygen atoms in total. The molecule has 1 aromatic heterocycles. The van der Waals surface area contributed by atoms with Crippen molar-refractivity contribution in [3.05, 3.63) is 95.2 Å². The smallest absolute Gasteiger partial charge is 0.310 e. The molecule has 0 saturated heterocycles. The van der Waals surface area contributed by atoms with Gasteiger partial charge >= 0.3 is 5.97 Å². The van der Waals surface area contributed by atoms with Crippen molar-refractivity contribution < 1.29 is 28.7 Å². The molecule has 10 heteroatoms. The lowest BCUT2D eigenvalue weighted by molar-refractivity contribution is -0.153. The van der Waals surface area contributed by atoms with E-state index in [1.165, 1.54) is 12.0 Å². The van der Waals surface area contributed by atoms with Gasteiger partial charge < -0.3 is 25.5 Å². The summed E-state index contributed by atoms with van der Waals surface area (Å²) < 4.78 is 10.9. The van der Waals surface area contributed by atoms with E-state index in [2.05, 4.69) is 10.3 Å². The molecule has 2 atom stereocenters. The largest absolute Gasteiger partial charge is 0.497 e. The quantitative estimate of drug-likeness (QED) is 0.229. The predicted molar refractivity (Wildman–Crippen MR) is 175 cm³/mol. The number of H-pyrrole nitrogens is 1. The Balaban J connectivity index is 1.74. The van der Waals surface area contributed by atoms with E-state index >= 15 is 0 Å². The number of carbonyl (C=O) groups is 4. The zero-order valence-corrected chi connectivity index (χ0v) is 27.0. The maximum absolute atomic E-state index is 15.0. The molecule has 4 aromatic rings. The number of anilines is 1. The first kappa shape index (κ1) is 32.3. The molecule has 3 amide bonds. The molecule has 0 radical (unpaired) electrons. The number of fused-ring (bicyclic) bond motifs is 2. The van der Waals surface area contributed by atoms with Crippen molar-refractivity contribution >= 4 is 40.3 Å². The lowest BCUT2D eigenvalue weighted by Gasteiger charge is -2.45. The SMILES string of the molecule is COc1ccc(C(C(N)=O)(C(C)C)N2C(=O)[C@@H](Cc3c[nH]c4ccccc34)NC(=O)c3c(CC(=O)OC(C)(C)C)cccc32)cc1. The first-order valence-electron chi connectivity index (χ1n) is 15.3. The summed E-state index contributed by atoms with van der Waals surface area (Å²) in [5.74, 6) is -2.37. The van der Waals surface area contributed by atoms with Gasteiger partial charge in [0, 0.05) is 23.5 Å². The van der Waals surface area contributed by atoms with Gasteiger partial charge in [-0.3, -0.25) is 24.1 Å². The number of nitrogens with two attached hydrogens (primary N) is 1. The monoisotopic (exact) mass is 624 g/mol. The predicted octanol–water partition coefficient (Wildman–Crippen LogP) is 4.79. The van der Waals surface area contributed by atoms with E-state index in [1.807, 2.05) is 30.5 Å². The number of amides is 3. The van der Waals surface area contributed by atoms with Gasteiger partial charge in [-0.25, -0.2) is 0 Å². The van der Waals surface area contributed by atoms with Crippen molar-refractivity contribution in [1.29, 1.82) is 0 Å². The molecule has 0 aliphatic carbocycles. The van der Waals surface area contributed by atoms with Crippen LogP contribution in [0.4, 0.5) is 5.69 Å². The van der Waals surface area contributed by atoms with Crippen LogP contribution in [0.1, 0.15) is 61.7 Å². The van der Waals surface area contributed by atoms with E-state index in [0.29, 0.717) is 16.9 Å². The lowest BCUT2D eigenvalue weighted by Crippen LogP contribution is -2.63. The van der Waals surface area contributed by atoms with E-state index in [4.69, 9.17) is 15.2 Å². The maximum Gasteiger partial charge on any atom is 0.310 e. The van der Waals surface area contributed by atoms with Gasteiger partial charge in [0.1, 0.15) is 17.4 Å². The van der Waals surface area contributed by atoms with Crippen molar-refractivity contribution in [2.24, 2.45) is 11.7 Å². The van der Waals surface area contributed by atoms with E-state index < -0.39 is 46.8 Å². The lowest BCUT2D eigenvalue weighted by atomic mass is 9.76. The van der Waals surface area contributed by atoms with Gasteiger partial charge in [-0.2, -0.15) is 0 Å². The number of hydrogen-bond acceptors (Lipinski definition) is 6. The van der Waals surface area contributed by atoms with Gasteiger partial charge in [-0.1, -0.05) is 56.3 Å². The fraction of sp³-hybridized carbons (Fsp3) is 0.333. The molecule has 1 unspecified atom stereocenters. The number of aromatic nitrogens is 1. The number of aromatic amines is 1. The summed E-state index contributed by atoms with van der Waals surface area (Å²) in [4.78, 5) is 60.7. The Labute approximate surface area is 268 Å². The van der Waals surface area contributed by atoms with E-state index in [1.54, 1.807) is 77.1 Å². The molecule has 0 fully saturated rings. The molecular formula is C36H40N4O6. The fourth-order valence-electron chi connectivity index (χ4n) is 6.41. The summed E-state index contributed by atoms with van der Waals surface area (Å²) in [6, 6.07) is 18.3. The first-order valence-corrected chi connectivity index (χ1v) is 15.3. The fourth-order valence-corrected chi connectivity index (χ4v) is 6.41. The van der Waals surface area contributed by atoms with Crippen LogP contribution in [0.15, 0.2) is 72.9 Å². The van der Waals surface area contributed by atoms with E-state index in [-0.39, 0.29) is 24.1 Å². The Hall–Kier alpha value is -5.12. The molecule has 1 aliphatic rings. The van der Waals surface area contributed by atoms with Crippen LogP contribution in [-0.4, -0.2) is 47.4 Å². The normalized spacial score (nSPS) is 16.4. The molecule has 46 heavy (non-hydrogen) atoms. The van der Waals surface area contributed by atoms with Gasteiger partial charge in [0.05, 0.1) is 24.8 Å². The van der Waals surface area contributed by atoms with Crippen LogP contribution in [0.3, 0.4) is 0 Å². The number of nitrogens with zero attached hydrogens (tertiary/aromatic N) is 1. The number of primary amides is 1. The minimum atomic E-state index is -1.73. The molecule has 0 saturated carbocycles. The Bertz CT molecular complexity index is 1800. The Kier molecular flexibility index (Phi) is 8.66. The summed E-state index contributed by atoms with van der Waals surface area (Å²) in [7, 11) is 1.53. The summed E-state index contributed by atoms with van der Waals surface area (Å²) in [5.41, 5.74) is 6.61. The molecule has 5 rings (SSSR count). The number of esters is 1. The number of para-hydroxylation sites is 1. The average Bonchev–Trinajstić information content (AvgIpc) is 3.36. The minimum Gasteiger partial charge on any atom is -0.497 e. The first-order chi connectivity index (χ1) is 21.8. The van der Waals surface area contributed by atoms with Crippen molar-refractivity contribution in [2.75, 3.05) is 12.0 Å². The Morgan fingerprint density at radius 3 is 2.28 bits per heavy atom. The van der Waals surface area contributed by atoms with Gasteiger partial charge in [0.25, 0.3) is 11.8 Å². The second-order valence-electron chi connectivity index (χ2n) is 12.9. The van der Waals surface area contributed by atoms with Crippen LogP contribution >= 0.6 is 0 Å². The average molecular weight is 625 g/mol. The topological polar surface area (TPSA) is 144 Å². The van der Waals surface area contributed by atoms with Crippen molar-refractivity contribution in [1.82, 2.24) is 10.3 Å². The highest BCUT2D eigenvalue weighted by molar-refractivity contribution is 6.15. The van der Waals surface area contributed by atoms with Crippen molar-refractivity contribution in [2.45, 2.75) is 64.6 Å². The minimum absolute atomic E-state index is 0.0999. The Morgan fingerprint density at radius 2 is 1.65 bits per heavy atom. The highest BCUT2D eigenvalue weighted by atomic mass is 16.6. The number of benzene rings is 3. The van der Waals surface area contributed by atoms with Gasteiger partial charge in [0.2, 0.25) is 5.91 Å². The van der Waals surface area contributed by atoms with E-state index in [9.17, 15) is 19.2 Å². The van der Waals surface area contributed by atoms with Crippen LogP contribution in [0.2, 0.25) is 0 Å². The summed E-state index contributed by atoms with van der Waals surface area (Å²) >= 11 is 0. The molecule has 0 bridgehead atoms. The van der Waals surface area contributed by atoms with Gasteiger partial charge in [0.15, 0.2) is 5.54 Å². The molecule has 4 N–H and O–H groups in total. The molecule has 240 valence electrons. The van der Waals surface area contributed by atoms with Crippen LogP contribution in [0, 0.1) is 5.92 Å². The second kappa shape index (κ2) is 12.3. The number of carbonyl (C=O) groups excluding carboxylic acids is 4. The van der Waals surface area contributed by atoms with Crippen molar-refractivity contribution in [3.63, 3.8) is 0 Å². The summed E-state index contributed by atoms with van der Waals surface area (Å²) in [6.45, 7) is 8.90. The third-order valence-electron chi connectivity index (χ3n) is 8.37. The highest BCUT2D eigenvalue weighted by Crippen LogP contribution is 2.43. The number of nitrogens with one attached hydrogen (secondary N) is 2. The highest BCUT2D eigenvalue weighted by Gasteiger charge is 2.53. The number of methoxy groups -OCH3 is 1. The molecule has 3 aromatic carbocycles. The maximum atomic E-state index is 15.0. The van der Waals surface area contributed by atoms with Crippen LogP contribution in [0.5, 0.6) is 5.75 Å². The van der Waals surface area contributed by atoms with Crippen LogP contribution in [-0.2, 0) is 37.5 Å². The van der Waals surface area contributed by atoms with Gasteiger partial charge in [-0.15, -0.1) is 0 Å². The number of ether oxygens (including phenoxy) is 2. The zero-order chi connectivity index (χ0) is 33.4. The molecule has 1 aliphatic heterocycles. The van der Waals surface area contributed by atoms with Crippen molar-refractivity contribution in [3.8, 4) is 5.75 Å². The number of rotatable bonds is 9. The summed E-state index contributed by atoms with van der Waals surface area (Å²) in [6.07, 6.45) is 1.72. The molecule has 0 spiro atoms. The van der Waals surface area contributed by atoms with Crippen LogP contribution < -0.4 is 20.7 Å². The van der Waals surface area contributed by atoms with Crippen LogP contribution in [0.25, 0.3) is 10.9 Å². The zero-order valence-electron chi connectivity index (χ0n) is 27.0.